The van der Waals surface area contributed by atoms with E-state index in [1.807, 2.05) is 31.2 Å². The van der Waals surface area contributed by atoms with Crippen molar-refractivity contribution in [2.24, 2.45) is 0 Å². The Bertz CT molecular complexity index is 1260. The molecule has 0 bridgehead atoms. The van der Waals surface area contributed by atoms with Gasteiger partial charge in [-0.1, -0.05) is 41.4 Å². The molecule has 1 aliphatic heterocycles. The Kier molecular flexibility index (Phi) is 6.15. The van der Waals surface area contributed by atoms with Gasteiger partial charge in [0.2, 0.25) is 0 Å². The van der Waals surface area contributed by atoms with E-state index in [-0.39, 0.29) is 4.90 Å². The third-order valence-corrected chi connectivity index (χ3v) is 7.25. The molecule has 0 aromatic heterocycles. The average Bonchev–Trinajstić information content (AvgIpc) is 3.26. The van der Waals surface area contributed by atoms with E-state index in [2.05, 4.69) is 5.43 Å². The Morgan fingerprint density at radius 3 is 2.19 bits per heavy atom. The molecule has 166 valence electrons. The number of hydrazine groups is 1. The van der Waals surface area contributed by atoms with Gasteiger partial charge >= 0.3 is 0 Å². The summed E-state index contributed by atoms with van der Waals surface area (Å²) >= 11 is 6.05. The van der Waals surface area contributed by atoms with Crippen molar-refractivity contribution in [1.82, 2.24) is 9.84 Å². The van der Waals surface area contributed by atoms with Crippen molar-refractivity contribution in [3.8, 4) is 11.5 Å². The fraction of sp³-hybridized carbons (Fsp3) is 0.167. The summed E-state index contributed by atoms with van der Waals surface area (Å²) in [5.74, 6) is 1.14. The zero-order chi connectivity index (χ0) is 22.9. The van der Waals surface area contributed by atoms with Crippen LogP contribution < -0.4 is 14.9 Å². The summed E-state index contributed by atoms with van der Waals surface area (Å²) in [5.41, 5.74) is 6.27. The van der Waals surface area contributed by atoms with Crippen LogP contribution in [0.25, 0.3) is 5.70 Å². The summed E-state index contributed by atoms with van der Waals surface area (Å²) in [5, 5.41) is 0.580. The van der Waals surface area contributed by atoms with Gasteiger partial charge in [0.15, 0.2) is 11.5 Å². The molecule has 0 unspecified atom stereocenters. The highest BCUT2D eigenvalue weighted by molar-refractivity contribution is 7.89. The van der Waals surface area contributed by atoms with Gasteiger partial charge in [0, 0.05) is 10.6 Å². The summed E-state index contributed by atoms with van der Waals surface area (Å²) in [6.45, 7) is 1.91. The predicted octanol–water partition coefficient (Wildman–Crippen LogP) is 4.96. The first-order valence-electron chi connectivity index (χ1n) is 9.91. The first kappa shape index (κ1) is 22.2. The fourth-order valence-corrected chi connectivity index (χ4v) is 5.07. The third-order valence-electron chi connectivity index (χ3n) is 5.29. The van der Waals surface area contributed by atoms with Crippen LogP contribution in [-0.4, -0.2) is 27.1 Å². The molecule has 1 heterocycles. The van der Waals surface area contributed by atoms with E-state index in [1.165, 1.54) is 4.41 Å². The normalized spacial score (nSPS) is 16.4. The summed E-state index contributed by atoms with van der Waals surface area (Å²) in [6.07, 6.45) is 1.87. The van der Waals surface area contributed by atoms with E-state index in [0.29, 0.717) is 22.2 Å². The van der Waals surface area contributed by atoms with Crippen LogP contribution in [0.3, 0.4) is 0 Å². The van der Waals surface area contributed by atoms with Gasteiger partial charge in [-0.15, -0.1) is 4.41 Å². The van der Waals surface area contributed by atoms with Crippen LogP contribution in [0.5, 0.6) is 11.5 Å². The number of sulfonamides is 1. The van der Waals surface area contributed by atoms with Crippen molar-refractivity contribution >= 4 is 27.3 Å². The minimum Gasteiger partial charge on any atom is -0.493 e. The number of rotatable bonds is 6. The summed E-state index contributed by atoms with van der Waals surface area (Å²) in [7, 11) is -0.726. The molecule has 1 N–H and O–H groups in total. The summed E-state index contributed by atoms with van der Waals surface area (Å²) in [6, 6.07) is 18.8. The number of nitrogens with zero attached hydrogens (tertiary/aromatic N) is 1. The lowest BCUT2D eigenvalue weighted by molar-refractivity contribution is 0.347. The van der Waals surface area contributed by atoms with Gasteiger partial charge < -0.3 is 14.9 Å². The van der Waals surface area contributed by atoms with Crippen LogP contribution in [0.4, 0.5) is 0 Å². The van der Waals surface area contributed by atoms with E-state index >= 15 is 0 Å². The fourth-order valence-electron chi connectivity index (χ4n) is 3.54. The molecule has 4 rings (SSSR count). The number of hydrogen-bond donors (Lipinski definition) is 1. The predicted molar refractivity (Wildman–Crippen MR) is 125 cm³/mol. The maximum absolute atomic E-state index is 13.6. The van der Waals surface area contributed by atoms with Crippen molar-refractivity contribution in [1.29, 1.82) is 0 Å². The van der Waals surface area contributed by atoms with Crippen molar-refractivity contribution in [2.45, 2.75) is 17.9 Å². The zero-order valence-electron chi connectivity index (χ0n) is 17.9. The molecule has 1 aliphatic rings. The second-order valence-corrected chi connectivity index (χ2v) is 9.62. The molecule has 6 nitrogen and oxygen atoms in total. The number of aryl methyl sites for hydroxylation is 1. The summed E-state index contributed by atoms with van der Waals surface area (Å²) in [4.78, 5) is 0.205. The second-order valence-electron chi connectivity index (χ2n) is 7.37. The van der Waals surface area contributed by atoms with Crippen LogP contribution in [-0.2, 0) is 10.0 Å². The lowest BCUT2D eigenvalue weighted by atomic mass is 10.1. The first-order valence-corrected chi connectivity index (χ1v) is 11.7. The molecular formula is C24H23ClN2O4S. The van der Waals surface area contributed by atoms with Gasteiger partial charge in [0.25, 0.3) is 10.0 Å². The third kappa shape index (κ3) is 4.19. The molecular weight excluding hydrogens is 448 g/mol. The number of halogens is 1. The number of ether oxygens (including phenoxy) is 2. The first-order chi connectivity index (χ1) is 15.3. The molecule has 3 aromatic rings. The molecule has 0 radical (unpaired) electrons. The van der Waals surface area contributed by atoms with Gasteiger partial charge in [-0.05, 0) is 61.0 Å². The highest BCUT2D eigenvalue weighted by atomic mass is 35.5. The monoisotopic (exact) mass is 470 g/mol. The van der Waals surface area contributed by atoms with Crippen LogP contribution in [0.15, 0.2) is 77.7 Å². The Morgan fingerprint density at radius 2 is 1.56 bits per heavy atom. The van der Waals surface area contributed by atoms with Crippen molar-refractivity contribution in [2.75, 3.05) is 14.2 Å². The van der Waals surface area contributed by atoms with Gasteiger partial charge in [0.05, 0.1) is 30.9 Å². The summed E-state index contributed by atoms with van der Waals surface area (Å²) < 4.78 is 39.1. The second kappa shape index (κ2) is 8.86. The topological polar surface area (TPSA) is 67.9 Å². The van der Waals surface area contributed by atoms with Gasteiger partial charge in [-0.2, -0.15) is 0 Å². The highest BCUT2D eigenvalue weighted by Gasteiger charge is 2.37. The van der Waals surface area contributed by atoms with E-state index < -0.39 is 16.1 Å². The lowest BCUT2D eigenvalue weighted by Gasteiger charge is -2.25. The quantitative estimate of drug-likeness (QED) is 0.551. The highest BCUT2D eigenvalue weighted by Crippen LogP contribution is 2.38. The molecule has 0 saturated heterocycles. The largest absolute Gasteiger partial charge is 0.493 e. The van der Waals surface area contributed by atoms with Crippen LogP contribution in [0, 0.1) is 6.92 Å². The maximum Gasteiger partial charge on any atom is 0.260 e. The van der Waals surface area contributed by atoms with Crippen molar-refractivity contribution < 1.29 is 17.9 Å². The minimum absolute atomic E-state index is 0.205. The Morgan fingerprint density at radius 1 is 0.906 bits per heavy atom. The molecule has 0 aliphatic carbocycles. The van der Waals surface area contributed by atoms with E-state index in [1.54, 1.807) is 62.8 Å². The molecule has 0 saturated carbocycles. The Hall–Kier alpha value is -3.00. The minimum atomic E-state index is -3.85. The van der Waals surface area contributed by atoms with E-state index in [9.17, 15) is 8.42 Å². The van der Waals surface area contributed by atoms with Gasteiger partial charge in [-0.25, -0.2) is 8.42 Å². The van der Waals surface area contributed by atoms with Gasteiger partial charge in [0.1, 0.15) is 0 Å². The Labute approximate surface area is 193 Å². The molecule has 8 heteroatoms. The molecule has 1 atom stereocenters. The van der Waals surface area contributed by atoms with Crippen LogP contribution in [0.2, 0.25) is 5.02 Å². The zero-order valence-corrected chi connectivity index (χ0v) is 19.4. The number of hydrogen-bond acceptors (Lipinski definition) is 5. The van der Waals surface area contributed by atoms with E-state index in [4.69, 9.17) is 21.1 Å². The molecule has 32 heavy (non-hydrogen) atoms. The average molecular weight is 471 g/mol. The van der Waals surface area contributed by atoms with Crippen LogP contribution in [0.1, 0.15) is 22.7 Å². The number of nitrogens with one attached hydrogen (secondary N) is 1. The van der Waals surface area contributed by atoms with Crippen molar-refractivity contribution in [3.63, 3.8) is 0 Å². The smallest absolute Gasteiger partial charge is 0.260 e. The molecule has 0 spiro atoms. The Balaban J connectivity index is 1.78. The molecule has 3 aromatic carbocycles. The SMILES string of the molecule is COc1ccc(C2=C[C@@H](c3ccc(Cl)cc3)N(S(=O)(=O)c3ccc(C)cc3)N2)cc1OC. The lowest BCUT2D eigenvalue weighted by Crippen LogP contribution is -2.39. The molecule has 0 fully saturated rings. The number of methoxy groups -OCH3 is 2. The standard InChI is InChI=1S/C24H23ClN2O4S/c1-16-4-11-20(12-5-16)32(28,29)27-22(17-6-9-19(25)10-7-17)15-21(26-27)18-8-13-23(30-2)24(14-18)31-3/h4-15,22,26H,1-3H3/t22-/m0/s1. The van der Waals surface area contributed by atoms with E-state index in [0.717, 1.165) is 16.7 Å². The molecule has 0 amide bonds. The van der Waals surface area contributed by atoms with Gasteiger partial charge in [-0.3, -0.25) is 0 Å². The maximum atomic E-state index is 13.6. The number of benzene rings is 3. The van der Waals surface area contributed by atoms with Crippen LogP contribution >= 0.6 is 11.6 Å². The van der Waals surface area contributed by atoms with Crippen molar-refractivity contribution in [3.05, 3.63) is 94.5 Å².